The van der Waals surface area contributed by atoms with Gasteiger partial charge in [-0.15, -0.1) is 0 Å². The topological polar surface area (TPSA) is 41.5 Å². The minimum atomic E-state index is 0.575. The van der Waals surface area contributed by atoms with Gasteiger partial charge in [0.25, 0.3) is 0 Å². The zero-order valence-corrected chi connectivity index (χ0v) is 5.85. The van der Waals surface area contributed by atoms with Crippen LogP contribution in [0, 0.1) is 0 Å². The molecule has 0 bridgehead atoms. The number of hydrogen-bond acceptors (Lipinski definition) is 2. The van der Waals surface area contributed by atoms with E-state index in [1.165, 1.54) is 0 Å². The average molecular weight is 128 g/mol. The van der Waals surface area contributed by atoms with Gasteiger partial charge in [-0.05, 0) is 12.8 Å². The SMILES string of the molecule is CCC(CC)=NNC=O. The van der Waals surface area contributed by atoms with E-state index in [1.807, 2.05) is 13.8 Å². The Balaban J connectivity index is 3.60. The normalized spacial score (nSPS) is 8.22. The summed E-state index contributed by atoms with van der Waals surface area (Å²) in [7, 11) is 0. The van der Waals surface area contributed by atoms with Crippen LogP contribution in [-0.2, 0) is 4.79 Å². The second kappa shape index (κ2) is 5.28. The monoisotopic (exact) mass is 128 g/mol. The van der Waals surface area contributed by atoms with Crippen molar-refractivity contribution in [2.45, 2.75) is 26.7 Å². The van der Waals surface area contributed by atoms with E-state index in [2.05, 4.69) is 10.5 Å². The number of carbonyl (C=O) groups excluding carboxylic acids is 1. The van der Waals surface area contributed by atoms with E-state index in [1.54, 1.807) is 0 Å². The summed E-state index contributed by atoms with van der Waals surface area (Å²) < 4.78 is 0. The van der Waals surface area contributed by atoms with Crippen LogP contribution >= 0.6 is 0 Å². The Hall–Kier alpha value is -0.860. The maximum absolute atomic E-state index is 9.72. The minimum absolute atomic E-state index is 0.575. The van der Waals surface area contributed by atoms with Gasteiger partial charge in [-0.2, -0.15) is 5.10 Å². The zero-order chi connectivity index (χ0) is 7.11. The number of carbonyl (C=O) groups is 1. The molecule has 0 aliphatic heterocycles. The van der Waals surface area contributed by atoms with E-state index in [-0.39, 0.29) is 0 Å². The average Bonchev–Trinajstić information content (AvgIpc) is 1.91. The van der Waals surface area contributed by atoms with Crippen molar-refractivity contribution in [2.24, 2.45) is 5.10 Å². The first-order chi connectivity index (χ1) is 4.35. The molecule has 0 heterocycles. The van der Waals surface area contributed by atoms with Crippen LogP contribution in [0.25, 0.3) is 0 Å². The Morgan fingerprint density at radius 1 is 1.56 bits per heavy atom. The van der Waals surface area contributed by atoms with Crippen molar-refractivity contribution in [3.05, 3.63) is 0 Å². The van der Waals surface area contributed by atoms with Gasteiger partial charge in [-0.1, -0.05) is 13.8 Å². The summed E-state index contributed by atoms with van der Waals surface area (Å²) in [6, 6.07) is 0. The Morgan fingerprint density at radius 3 is 2.44 bits per heavy atom. The van der Waals surface area contributed by atoms with Crippen LogP contribution < -0.4 is 5.43 Å². The van der Waals surface area contributed by atoms with Crippen LogP contribution in [0.2, 0.25) is 0 Å². The summed E-state index contributed by atoms with van der Waals surface area (Å²) in [6.45, 7) is 4.02. The van der Waals surface area contributed by atoms with Gasteiger partial charge in [0.15, 0.2) is 0 Å². The van der Waals surface area contributed by atoms with E-state index in [9.17, 15) is 4.79 Å². The molecule has 0 atom stereocenters. The first-order valence-electron chi connectivity index (χ1n) is 3.09. The predicted molar refractivity (Wildman–Crippen MR) is 37.2 cm³/mol. The van der Waals surface area contributed by atoms with E-state index in [0.717, 1.165) is 18.6 Å². The first-order valence-corrected chi connectivity index (χ1v) is 3.09. The predicted octanol–water partition coefficient (Wildman–Crippen LogP) is 0.908. The molecule has 0 aliphatic carbocycles. The van der Waals surface area contributed by atoms with Crippen molar-refractivity contribution in [3.63, 3.8) is 0 Å². The van der Waals surface area contributed by atoms with Crippen molar-refractivity contribution in [1.82, 2.24) is 5.43 Å². The standard InChI is InChI=1S/C6H12N2O/c1-3-6(4-2)8-7-5-9/h5H,3-4H2,1-2H3,(H,7,9). The van der Waals surface area contributed by atoms with Gasteiger partial charge in [0, 0.05) is 5.71 Å². The lowest BCUT2D eigenvalue weighted by Crippen LogP contribution is -2.06. The number of rotatable bonds is 4. The maximum Gasteiger partial charge on any atom is 0.227 e. The summed E-state index contributed by atoms with van der Waals surface area (Å²) in [5, 5.41) is 3.78. The molecule has 1 N–H and O–H groups in total. The largest absolute Gasteiger partial charge is 0.277 e. The van der Waals surface area contributed by atoms with Gasteiger partial charge in [-0.3, -0.25) is 4.79 Å². The first kappa shape index (κ1) is 8.14. The highest BCUT2D eigenvalue weighted by molar-refractivity contribution is 5.84. The lowest BCUT2D eigenvalue weighted by Gasteiger charge is -1.94. The van der Waals surface area contributed by atoms with Crippen molar-refractivity contribution < 1.29 is 4.79 Å². The molecule has 0 rings (SSSR count). The smallest absolute Gasteiger partial charge is 0.227 e. The molecule has 1 amide bonds. The molecule has 3 heteroatoms. The van der Waals surface area contributed by atoms with Gasteiger partial charge >= 0.3 is 0 Å². The molecule has 0 radical (unpaired) electrons. The molecule has 0 saturated carbocycles. The molecule has 3 nitrogen and oxygen atoms in total. The molecule has 52 valence electrons. The third kappa shape index (κ3) is 3.70. The quantitative estimate of drug-likeness (QED) is 0.341. The van der Waals surface area contributed by atoms with E-state index in [4.69, 9.17) is 0 Å². The summed E-state index contributed by atoms with van der Waals surface area (Å²) in [4.78, 5) is 9.72. The van der Waals surface area contributed by atoms with E-state index >= 15 is 0 Å². The Morgan fingerprint density at radius 2 is 2.11 bits per heavy atom. The van der Waals surface area contributed by atoms with Crippen LogP contribution in [0.1, 0.15) is 26.7 Å². The van der Waals surface area contributed by atoms with Crippen molar-refractivity contribution >= 4 is 12.1 Å². The van der Waals surface area contributed by atoms with Gasteiger partial charge in [0.2, 0.25) is 6.41 Å². The molecule has 0 fully saturated rings. The van der Waals surface area contributed by atoms with Crippen LogP contribution in [0.5, 0.6) is 0 Å². The molecule has 0 aliphatic rings. The molecule has 0 saturated heterocycles. The maximum atomic E-state index is 9.72. The van der Waals surface area contributed by atoms with Gasteiger partial charge < -0.3 is 0 Å². The summed E-state index contributed by atoms with van der Waals surface area (Å²) >= 11 is 0. The molecular formula is C6H12N2O. The van der Waals surface area contributed by atoms with E-state index in [0.29, 0.717) is 6.41 Å². The van der Waals surface area contributed by atoms with Crippen molar-refractivity contribution in [2.75, 3.05) is 0 Å². The van der Waals surface area contributed by atoms with Gasteiger partial charge in [-0.25, -0.2) is 5.43 Å². The third-order valence-corrected chi connectivity index (χ3v) is 1.09. The summed E-state index contributed by atoms with van der Waals surface area (Å²) in [5.41, 5.74) is 3.27. The molecule has 9 heavy (non-hydrogen) atoms. The van der Waals surface area contributed by atoms with Crippen LogP contribution in [0.15, 0.2) is 5.10 Å². The fourth-order valence-electron chi connectivity index (χ4n) is 0.526. The molecular weight excluding hydrogens is 116 g/mol. The number of nitrogens with zero attached hydrogens (tertiary/aromatic N) is 1. The van der Waals surface area contributed by atoms with Crippen LogP contribution in [0.4, 0.5) is 0 Å². The fourth-order valence-corrected chi connectivity index (χ4v) is 0.526. The van der Waals surface area contributed by atoms with Gasteiger partial charge in [0.05, 0.1) is 0 Å². The molecule has 0 spiro atoms. The van der Waals surface area contributed by atoms with E-state index < -0.39 is 0 Å². The van der Waals surface area contributed by atoms with Crippen molar-refractivity contribution in [3.8, 4) is 0 Å². The second-order valence-electron chi connectivity index (χ2n) is 1.63. The highest BCUT2D eigenvalue weighted by Crippen LogP contribution is 1.88. The summed E-state index contributed by atoms with van der Waals surface area (Å²) in [6.07, 6.45) is 2.38. The molecule has 0 aromatic rings. The molecule has 0 aromatic carbocycles. The lowest BCUT2D eigenvalue weighted by molar-refractivity contribution is -0.109. The molecule has 0 unspecified atom stereocenters. The Bertz CT molecular complexity index is 104. The number of hydrogen-bond donors (Lipinski definition) is 1. The van der Waals surface area contributed by atoms with Crippen LogP contribution in [-0.4, -0.2) is 12.1 Å². The lowest BCUT2D eigenvalue weighted by atomic mass is 10.2. The second-order valence-corrected chi connectivity index (χ2v) is 1.63. The third-order valence-electron chi connectivity index (χ3n) is 1.09. The highest BCUT2D eigenvalue weighted by atomic mass is 16.1. The number of amides is 1. The zero-order valence-electron chi connectivity index (χ0n) is 5.85. The summed E-state index contributed by atoms with van der Waals surface area (Å²) in [5.74, 6) is 0. The van der Waals surface area contributed by atoms with Crippen molar-refractivity contribution in [1.29, 1.82) is 0 Å². The fraction of sp³-hybridized carbons (Fsp3) is 0.667. The van der Waals surface area contributed by atoms with Gasteiger partial charge in [0.1, 0.15) is 0 Å². The Labute approximate surface area is 55.1 Å². The highest BCUT2D eigenvalue weighted by Gasteiger charge is 1.87. The number of hydrazone groups is 1. The Kier molecular flexibility index (Phi) is 4.78. The molecule has 0 aromatic heterocycles. The van der Waals surface area contributed by atoms with Crippen LogP contribution in [0.3, 0.4) is 0 Å². The minimum Gasteiger partial charge on any atom is -0.277 e. The number of nitrogens with one attached hydrogen (secondary N) is 1.